The van der Waals surface area contributed by atoms with E-state index in [1.54, 1.807) is 0 Å². The first-order valence-corrected chi connectivity index (χ1v) is 8.35. The summed E-state index contributed by atoms with van der Waals surface area (Å²) in [6.07, 6.45) is 1.36. The predicted octanol–water partition coefficient (Wildman–Crippen LogP) is 3.20. The molecule has 0 aromatic heterocycles. The van der Waals surface area contributed by atoms with E-state index in [1.807, 2.05) is 37.3 Å². The van der Waals surface area contributed by atoms with Crippen LogP contribution in [-0.4, -0.2) is 20.8 Å². The summed E-state index contributed by atoms with van der Waals surface area (Å²) in [5, 5.41) is 22.6. The van der Waals surface area contributed by atoms with E-state index in [4.69, 9.17) is 0 Å². The van der Waals surface area contributed by atoms with E-state index in [2.05, 4.69) is 11.8 Å². The maximum atomic E-state index is 13.0. The average molecular weight is 350 g/mol. The number of hydrogen-bond donors (Lipinski definition) is 1. The van der Waals surface area contributed by atoms with Crippen molar-refractivity contribution in [2.24, 2.45) is 0 Å². The van der Waals surface area contributed by atoms with Crippen LogP contribution in [0.2, 0.25) is 0 Å². The first kappa shape index (κ1) is 17.6. The second-order valence-corrected chi connectivity index (χ2v) is 6.06. The van der Waals surface area contributed by atoms with E-state index < -0.39 is 16.6 Å². The Morgan fingerprint density at radius 1 is 1.19 bits per heavy atom. The molecule has 2 aromatic rings. The summed E-state index contributed by atoms with van der Waals surface area (Å²) in [6, 6.07) is 13.4. The van der Waals surface area contributed by atoms with Gasteiger partial charge in [-0.3, -0.25) is 19.8 Å². The maximum absolute atomic E-state index is 13.0. The van der Waals surface area contributed by atoms with Crippen molar-refractivity contribution in [2.75, 3.05) is 0 Å². The molecule has 2 aromatic carbocycles. The van der Waals surface area contributed by atoms with Crippen LogP contribution in [0.15, 0.2) is 48.5 Å². The lowest BCUT2D eigenvalue weighted by molar-refractivity contribution is -0.385. The van der Waals surface area contributed by atoms with Gasteiger partial charge in [0.2, 0.25) is 5.72 Å². The van der Waals surface area contributed by atoms with Gasteiger partial charge in [-0.2, -0.15) is 0 Å². The summed E-state index contributed by atoms with van der Waals surface area (Å²) >= 11 is 0. The number of rotatable bonds is 4. The van der Waals surface area contributed by atoms with Gasteiger partial charge in [-0.05, 0) is 17.9 Å². The number of amides is 1. The Morgan fingerprint density at radius 3 is 2.58 bits per heavy atom. The van der Waals surface area contributed by atoms with Gasteiger partial charge in [0, 0.05) is 18.1 Å². The van der Waals surface area contributed by atoms with Crippen LogP contribution in [-0.2, 0) is 12.3 Å². The number of unbranched alkanes of at least 4 members (excludes halogenated alkanes) is 1. The molecule has 3 rings (SSSR count). The molecule has 1 aliphatic rings. The number of carbonyl (C=O) groups is 1. The third-order valence-electron chi connectivity index (χ3n) is 4.29. The Bertz CT molecular complexity index is 914. The SMILES string of the molecule is CCCC#CC1(O)c2cccc([N+](=O)[O-])c2C(=O)N1Cc1ccccc1. The molecule has 1 unspecified atom stereocenters. The third kappa shape index (κ3) is 2.93. The molecule has 6 heteroatoms. The largest absolute Gasteiger partial charge is 0.357 e. The quantitative estimate of drug-likeness (QED) is 0.521. The Kier molecular flexibility index (Phi) is 4.74. The van der Waals surface area contributed by atoms with Crippen LogP contribution in [0.5, 0.6) is 0 Å². The summed E-state index contributed by atoms with van der Waals surface area (Å²) < 4.78 is 0. The number of carbonyl (C=O) groups excluding carboxylic acids is 1. The molecule has 0 fully saturated rings. The maximum Gasteiger partial charge on any atom is 0.282 e. The van der Waals surface area contributed by atoms with E-state index in [1.165, 1.54) is 23.1 Å². The molecular formula is C20H18N2O4. The zero-order valence-electron chi connectivity index (χ0n) is 14.3. The highest BCUT2D eigenvalue weighted by Crippen LogP contribution is 2.41. The molecule has 0 aliphatic carbocycles. The number of fused-ring (bicyclic) bond motifs is 1. The van der Waals surface area contributed by atoms with Crippen LogP contribution in [0.4, 0.5) is 5.69 Å². The van der Waals surface area contributed by atoms with E-state index in [-0.39, 0.29) is 23.4 Å². The van der Waals surface area contributed by atoms with Gasteiger partial charge in [-0.1, -0.05) is 55.3 Å². The second-order valence-electron chi connectivity index (χ2n) is 6.06. The van der Waals surface area contributed by atoms with Gasteiger partial charge >= 0.3 is 0 Å². The molecule has 0 saturated carbocycles. The zero-order chi connectivity index (χ0) is 18.7. The van der Waals surface area contributed by atoms with Gasteiger partial charge < -0.3 is 5.11 Å². The van der Waals surface area contributed by atoms with Crippen molar-refractivity contribution in [3.05, 3.63) is 75.3 Å². The van der Waals surface area contributed by atoms with Crippen molar-refractivity contribution in [1.29, 1.82) is 0 Å². The van der Waals surface area contributed by atoms with Crippen LogP contribution in [0, 0.1) is 22.0 Å². The highest BCUT2D eigenvalue weighted by Gasteiger charge is 2.50. The fourth-order valence-electron chi connectivity index (χ4n) is 3.03. The van der Waals surface area contributed by atoms with E-state index >= 15 is 0 Å². The van der Waals surface area contributed by atoms with Crippen molar-refractivity contribution in [3.8, 4) is 11.8 Å². The van der Waals surface area contributed by atoms with Gasteiger partial charge in [0.15, 0.2) is 0 Å². The molecule has 6 nitrogen and oxygen atoms in total. The summed E-state index contributed by atoms with van der Waals surface area (Å²) in [7, 11) is 0. The summed E-state index contributed by atoms with van der Waals surface area (Å²) in [4.78, 5) is 24.9. The zero-order valence-corrected chi connectivity index (χ0v) is 14.3. The van der Waals surface area contributed by atoms with Gasteiger partial charge in [-0.15, -0.1) is 0 Å². The van der Waals surface area contributed by atoms with Crippen molar-refractivity contribution < 1.29 is 14.8 Å². The topological polar surface area (TPSA) is 83.7 Å². The molecule has 1 amide bonds. The standard InChI is InChI=1S/C20H18N2O4/c1-2-3-7-13-20(24)16-11-8-12-17(22(25)26)18(16)19(23)21(20)14-15-9-5-4-6-10-15/h4-6,8-12,24H,2-3,14H2,1H3. The van der Waals surface area contributed by atoms with Crippen LogP contribution in [0.3, 0.4) is 0 Å². The van der Waals surface area contributed by atoms with Crippen molar-refractivity contribution in [2.45, 2.75) is 32.0 Å². The highest BCUT2D eigenvalue weighted by molar-refractivity contribution is 6.04. The van der Waals surface area contributed by atoms with Crippen LogP contribution < -0.4 is 0 Å². The number of nitrogens with zero attached hydrogens (tertiary/aromatic N) is 2. The first-order valence-electron chi connectivity index (χ1n) is 8.35. The van der Waals surface area contributed by atoms with Crippen molar-refractivity contribution >= 4 is 11.6 Å². The second kappa shape index (κ2) is 6.98. The third-order valence-corrected chi connectivity index (χ3v) is 4.29. The number of benzene rings is 2. The van der Waals surface area contributed by atoms with Gasteiger partial charge in [-0.25, -0.2) is 0 Å². The minimum Gasteiger partial charge on any atom is -0.357 e. The van der Waals surface area contributed by atoms with Crippen molar-refractivity contribution in [3.63, 3.8) is 0 Å². The van der Waals surface area contributed by atoms with Gasteiger partial charge in [0.25, 0.3) is 11.6 Å². The van der Waals surface area contributed by atoms with Crippen molar-refractivity contribution in [1.82, 2.24) is 4.90 Å². The molecule has 0 radical (unpaired) electrons. The molecule has 1 heterocycles. The van der Waals surface area contributed by atoms with Gasteiger partial charge in [0.1, 0.15) is 5.56 Å². The first-order chi connectivity index (χ1) is 12.5. The lowest BCUT2D eigenvalue weighted by Crippen LogP contribution is -2.42. The fourth-order valence-corrected chi connectivity index (χ4v) is 3.03. The average Bonchev–Trinajstić information content (AvgIpc) is 2.85. The minimum absolute atomic E-state index is 0.0956. The Labute approximate surface area is 151 Å². The normalized spacial score (nSPS) is 18.2. The Balaban J connectivity index is 2.14. The number of hydrogen-bond acceptors (Lipinski definition) is 4. The molecule has 1 N–H and O–H groups in total. The fraction of sp³-hybridized carbons (Fsp3) is 0.250. The minimum atomic E-state index is -1.89. The smallest absolute Gasteiger partial charge is 0.282 e. The summed E-state index contributed by atoms with van der Waals surface area (Å²) in [5.41, 5.74) is -1.34. The van der Waals surface area contributed by atoms with Crippen LogP contribution in [0.25, 0.3) is 0 Å². The molecule has 0 saturated heterocycles. The Hall–Kier alpha value is -3.17. The van der Waals surface area contributed by atoms with Gasteiger partial charge in [0.05, 0.1) is 11.5 Å². The van der Waals surface area contributed by atoms with E-state index in [9.17, 15) is 20.0 Å². The lowest BCUT2D eigenvalue weighted by Gasteiger charge is -2.29. The number of nitro groups is 1. The van der Waals surface area contributed by atoms with E-state index in [0.29, 0.717) is 6.42 Å². The highest BCUT2D eigenvalue weighted by atomic mass is 16.6. The monoisotopic (exact) mass is 350 g/mol. The molecule has 132 valence electrons. The molecule has 1 atom stereocenters. The number of aliphatic hydroxyl groups is 1. The Morgan fingerprint density at radius 2 is 1.92 bits per heavy atom. The summed E-state index contributed by atoms with van der Waals surface area (Å²) in [6.45, 7) is 2.06. The molecule has 0 bridgehead atoms. The van der Waals surface area contributed by atoms with Crippen LogP contribution in [0.1, 0.15) is 41.3 Å². The summed E-state index contributed by atoms with van der Waals surface area (Å²) in [5.74, 6) is 5.06. The van der Waals surface area contributed by atoms with E-state index in [0.717, 1.165) is 12.0 Å². The molecular weight excluding hydrogens is 332 g/mol. The number of nitro benzene ring substituents is 1. The predicted molar refractivity (Wildman–Crippen MR) is 96.0 cm³/mol. The molecule has 1 aliphatic heterocycles. The molecule has 0 spiro atoms. The molecule has 26 heavy (non-hydrogen) atoms. The van der Waals surface area contributed by atoms with Crippen LogP contribution >= 0.6 is 0 Å². The lowest BCUT2D eigenvalue weighted by atomic mass is 10.00.